The predicted octanol–water partition coefficient (Wildman–Crippen LogP) is 4.08. The van der Waals surface area contributed by atoms with Gasteiger partial charge in [-0.05, 0) is 30.7 Å². The van der Waals surface area contributed by atoms with Crippen LogP contribution < -0.4 is 16.0 Å². The highest BCUT2D eigenvalue weighted by atomic mass is 79.9. The van der Waals surface area contributed by atoms with Gasteiger partial charge in [-0.15, -0.1) is 0 Å². The molecule has 0 bridgehead atoms. The Hall–Kier alpha value is -0.880. The lowest BCUT2D eigenvalue weighted by molar-refractivity contribution is 0.404. The van der Waals surface area contributed by atoms with Crippen molar-refractivity contribution in [2.75, 3.05) is 7.11 Å². The standard InChI is InChI=1S/C15H16Br2N2O/c1-9-3-6-14(20-2)12(7-9)15(19-18)11-5-4-10(16)8-13(11)17/h3-8,15,19H,18H2,1-2H3. The lowest BCUT2D eigenvalue weighted by atomic mass is 9.97. The molecule has 0 amide bonds. The second kappa shape index (κ2) is 6.72. The van der Waals surface area contributed by atoms with Gasteiger partial charge in [0.15, 0.2) is 0 Å². The first-order valence-electron chi connectivity index (χ1n) is 6.12. The van der Waals surface area contributed by atoms with E-state index in [1.807, 2.05) is 37.3 Å². The maximum absolute atomic E-state index is 5.78. The van der Waals surface area contributed by atoms with Gasteiger partial charge < -0.3 is 4.74 Å². The van der Waals surface area contributed by atoms with E-state index in [1.165, 1.54) is 0 Å². The summed E-state index contributed by atoms with van der Waals surface area (Å²) in [6, 6.07) is 11.9. The summed E-state index contributed by atoms with van der Waals surface area (Å²) in [4.78, 5) is 0. The normalized spacial score (nSPS) is 12.2. The second-order valence-electron chi connectivity index (χ2n) is 4.51. The molecule has 3 nitrogen and oxygen atoms in total. The smallest absolute Gasteiger partial charge is 0.124 e. The predicted molar refractivity (Wildman–Crippen MR) is 88.7 cm³/mol. The van der Waals surface area contributed by atoms with Crippen molar-refractivity contribution in [3.8, 4) is 5.75 Å². The maximum Gasteiger partial charge on any atom is 0.124 e. The van der Waals surface area contributed by atoms with Crippen molar-refractivity contribution in [1.29, 1.82) is 0 Å². The van der Waals surface area contributed by atoms with Crippen LogP contribution in [0, 0.1) is 6.92 Å². The van der Waals surface area contributed by atoms with Crippen LogP contribution >= 0.6 is 31.9 Å². The van der Waals surface area contributed by atoms with Crippen molar-refractivity contribution < 1.29 is 4.74 Å². The monoisotopic (exact) mass is 398 g/mol. The van der Waals surface area contributed by atoms with E-state index in [0.717, 1.165) is 31.4 Å². The van der Waals surface area contributed by atoms with E-state index in [2.05, 4.69) is 43.4 Å². The van der Waals surface area contributed by atoms with Gasteiger partial charge in [-0.3, -0.25) is 5.84 Å². The van der Waals surface area contributed by atoms with Gasteiger partial charge in [-0.25, -0.2) is 5.43 Å². The highest BCUT2D eigenvalue weighted by molar-refractivity contribution is 9.11. The second-order valence-corrected chi connectivity index (χ2v) is 6.28. The van der Waals surface area contributed by atoms with Crippen molar-refractivity contribution in [3.05, 3.63) is 62.0 Å². The van der Waals surface area contributed by atoms with Crippen LogP contribution in [-0.2, 0) is 0 Å². The summed E-state index contributed by atoms with van der Waals surface area (Å²) in [6.07, 6.45) is 0. The largest absolute Gasteiger partial charge is 0.496 e. The molecule has 0 aliphatic rings. The van der Waals surface area contributed by atoms with Gasteiger partial charge in [0, 0.05) is 14.5 Å². The Morgan fingerprint density at radius 2 is 1.85 bits per heavy atom. The van der Waals surface area contributed by atoms with E-state index in [-0.39, 0.29) is 6.04 Å². The van der Waals surface area contributed by atoms with E-state index < -0.39 is 0 Å². The van der Waals surface area contributed by atoms with Crippen LogP contribution in [0.1, 0.15) is 22.7 Å². The number of hydrogen-bond acceptors (Lipinski definition) is 3. The number of hydrazine groups is 1. The van der Waals surface area contributed by atoms with Gasteiger partial charge in [-0.2, -0.15) is 0 Å². The zero-order chi connectivity index (χ0) is 14.7. The number of halogens is 2. The molecule has 0 spiro atoms. The summed E-state index contributed by atoms with van der Waals surface area (Å²) in [5, 5.41) is 0. The van der Waals surface area contributed by atoms with Crippen molar-refractivity contribution in [2.24, 2.45) is 5.84 Å². The zero-order valence-electron chi connectivity index (χ0n) is 11.3. The van der Waals surface area contributed by atoms with Crippen LogP contribution in [0.25, 0.3) is 0 Å². The molecule has 2 aromatic carbocycles. The Kier molecular flexibility index (Phi) is 5.21. The molecule has 2 rings (SSSR count). The number of benzene rings is 2. The molecule has 0 saturated carbocycles. The lowest BCUT2D eigenvalue weighted by Crippen LogP contribution is -2.29. The van der Waals surface area contributed by atoms with E-state index in [0.29, 0.717) is 0 Å². The van der Waals surface area contributed by atoms with Gasteiger partial charge in [0.25, 0.3) is 0 Å². The van der Waals surface area contributed by atoms with Crippen LogP contribution in [0.15, 0.2) is 45.3 Å². The van der Waals surface area contributed by atoms with Gasteiger partial charge in [0.1, 0.15) is 5.75 Å². The fourth-order valence-corrected chi connectivity index (χ4v) is 3.44. The molecule has 0 heterocycles. The first-order chi connectivity index (χ1) is 9.56. The molecule has 0 aromatic heterocycles. The average molecular weight is 400 g/mol. The molecule has 0 aliphatic carbocycles. The number of rotatable bonds is 4. The summed E-state index contributed by atoms with van der Waals surface area (Å²) in [5.41, 5.74) is 6.10. The van der Waals surface area contributed by atoms with Crippen LogP contribution in [0.2, 0.25) is 0 Å². The summed E-state index contributed by atoms with van der Waals surface area (Å²) in [5.74, 6) is 6.59. The van der Waals surface area contributed by atoms with Crippen LogP contribution in [0.3, 0.4) is 0 Å². The zero-order valence-corrected chi connectivity index (χ0v) is 14.5. The minimum absolute atomic E-state index is 0.146. The van der Waals surface area contributed by atoms with Gasteiger partial charge in [-0.1, -0.05) is 55.6 Å². The molecule has 0 radical (unpaired) electrons. The third-order valence-corrected chi connectivity index (χ3v) is 4.32. The molecule has 5 heteroatoms. The maximum atomic E-state index is 5.78. The number of ether oxygens (including phenoxy) is 1. The number of hydrogen-bond donors (Lipinski definition) is 2. The fraction of sp³-hybridized carbons (Fsp3) is 0.200. The number of aryl methyl sites for hydroxylation is 1. The molecule has 2 aromatic rings. The van der Waals surface area contributed by atoms with Gasteiger partial charge in [0.2, 0.25) is 0 Å². The molecule has 20 heavy (non-hydrogen) atoms. The first-order valence-corrected chi connectivity index (χ1v) is 7.71. The van der Waals surface area contributed by atoms with E-state index >= 15 is 0 Å². The summed E-state index contributed by atoms with van der Waals surface area (Å²) in [7, 11) is 1.67. The number of nitrogens with one attached hydrogen (secondary N) is 1. The molecule has 0 saturated heterocycles. The third kappa shape index (κ3) is 3.23. The highest BCUT2D eigenvalue weighted by Crippen LogP contribution is 2.35. The molecule has 0 aliphatic heterocycles. The van der Waals surface area contributed by atoms with Crippen molar-refractivity contribution in [3.63, 3.8) is 0 Å². The van der Waals surface area contributed by atoms with Crippen molar-refractivity contribution >= 4 is 31.9 Å². The van der Waals surface area contributed by atoms with Crippen LogP contribution in [-0.4, -0.2) is 7.11 Å². The Morgan fingerprint density at radius 3 is 2.45 bits per heavy atom. The minimum Gasteiger partial charge on any atom is -0.496 e. The highest BCUT2D eigenvalue weighted by Gasteiger charge is 2.19. The van der Waals surface area contributed by atoms with Crippen molar-refractivity contribution in [1.82, 2.24) is 5.43 Å². The van der Waals surface area contributed by atoms with E-state index in [9.17, 15) is 0 Å². The average Bonchev–Trinajstić information content (AvgIpc) is 2.42. The molecular formula is C15H16Br2N2O. The summed E-state index contributed by atoms with van der Waals surface area (Å²) >= 11 is 7.04. The summed E-state index contributed by atoms with van der Waals surface area (Å²) in [6.45, 7) is 2.05. The van der Waals surface area contributed by atoms with Crippen molar-refractivity contribution in [2.45, 2.75) is 13.0 Å². The molecule has 3 N–H and O–H groups in total. The van der Waals surface area contributed by atoms with Gasteiger partial charge >= 0.3 is 0 Å². The Bertz CT molecular complexity index is 617. The number of nitrogens with two attached hydrogens (primary N) is 1. The summed E-state index contributed by atoms with van der Waals surface area (Å²) < 4.78 is 7.45. The SMILES string of the molecule is COc1ccc(C)cc1C(NN)c1ccc(Br)cc1Br. The van der Waals surface area contributed by atoms with Gasteiger partial charge in [0.05, 0.1) is 13.2 Å². The first kappa shape index (κ1) is 15.5. The fourth-order valence-electron chi connectivity index (χ4n) is 2.16. The van der Waals surface area contributed by atoms with E-state index in [1.54, 1.807) is 7.11 Å². The Labute approximate surface area is 135 Å². The molecular weight excluding hydrogens is 384 g/mol. The Balaban J connectivity index is 2.54. The Morgan fingerprint density at radius 1 is 1.10 bits per heavy atom. The van der Waals surface area contributed by atoms with E-state index in [4.69, 9.17) is 10.6 Å². The molecule has 1 unspecified atom stereocenters. The topological polar surface area (TPSA) is 47.3 Å². The molecule has 106 valence electrons. The third-order valence-electron chi connectivity index (χ3n) is 3.14. The van der Waals surface area contributed by atoms with Crippen LogP contribution in [0.5, 0.6) is 5.75 Å². The molecule has 1 atom stereocenters. The lowest BCUT2D eigenvalue weighted by Gasteiger charge is -2.21. The number of methoxy groups -OCH3 is 1. The molecule has 0 fully saturated rings. The minimum atomic E-state index is -0.146. The van der Waals surface area contributed by atoms with Crippen LogP contribution in [0.4, 0.5) is 0 Å². The quantitative estimate of drug-likeness (QED) is 0.601.